The predicted octanol–water partition coefficient (Wildman–Crippen LogP) is 2.63. The average molecular weight is 393 g/mol. The smallest absolute Gasteiger partial charge is 0.266 e. The first kappa shape index (κ1) is 19.5. The van der Waals surface area contributed by atoms with Crippen molar-refractivity contribution in [3.63, 3.8) is 0 Å². The zero-order chi connectivity index (χ0) is 19.9. The number of amides is 1. The van der Waals surface area contributed by atoms with Crippen molar-refractivity contribution in [2.24, 2.45) is 0 Å². The van der Waals surface area contributed by atoms with E-state index in [1.165, 1.54) is 16.3 Å². The average Bonchev–Trinajstić information content (AvgIpc) is 2.72. The third-order valence-corrected chi connectivity index (χ3v) is 4.81. The van der Waals surface area contributed by atoms with Crippen LogP contribution < -0.4 is 15.6 Å². The van der Waals surface area contributed by atoms with Gasteiger partial charge >= 0.3 is 0 Å². The van der Waals surface area contributed by atoms with E-state index in [1.54, 1.807) is 30.3 Å². The van der Waals surface area contributed by atoms with Gasteiger partial charge in [0.2, 0.25) is 5.91 Å². The van der Waals surface area contributed by atoms with Crippen molar-refractivity contribution >= 4 is 28.6 Å². The molecule has 3 aromatic rings. The Morgan fingerprint density at radius 1 is 1.25 bits per heavy atom. The number of carbonyl (C=O) groups excluding carboxylic acids is 1. The highest BCUT2D eigenvalue weighted by Gasteiger charge is 2.17. The Morgan fingerprint density at radius 2 is 2.00 bits per heavy atom. The lowest BCUT2D eigenvalue weighted by molar-refractivity contribution is -0.118. The molecular formula is C21H19N3O3S. The monoisotopic (exact) mass is 393 g/mol. The van der Waals surface area contributed by atoms with Crippen molar-refractivity contribution in [3.05, 3.63) is 58.9 Å². The van der Waals surface area contributed by atoms with Crippen molar-refractivity contribution in [1.29, 1.82) is 0 Å². The Labute approximate surface area is 166 Å². The van der Waals surface area contributed by atoms with E-state index in [4.69, 9.17) is 11.2 Å². The Balaban J connectivity index is 2.12. The molecule has 28 heavy (non-hydrogen) atoms. The van der Waals surface area contributed by atoms with E-state index in [0.29, 0.717) is 34.1 Å². The van der Waals surface area contributed by atoms with Crippen LogP contribution in [0.4, 0.5) is 0 Å². The summed E-state index contributed by atoms with van der Waals surface area (Å²) in [5.74, 6) is 2.79. The number of hydrogen-bond donors (Lipinski definition) is 1. The SMILES string of the molecule is C#CCNC(=O)CSc1nc2ccccc2c(=O)n1-c1ccccc1OCC. The van der Waals surface area contributed by atoms with Gasteiger partial charge in [-0.1, -0.05) is 41.9 Å². The molecular weight excluding hydrogens is 374 g/mol. The highest BCUT2D eigenvalue weighted by molar-refractivity contribution is 7.99. The molecule has 1 aromatic heterocycles. The lowest BCUT2D eigenvalue weighted by atomic mass is 10.2. The Kier molecular flexibility index (Phi) is 6.35. The molecule has 7 heteroatoms. The van der Waals surface area contributed by atoms with Gasteiger partial charge in [-0.3, -0.25) is 14.2 Å². The summed E-state index contributed by atoms with van der Waals surface area (Å²) in [6, 6.07) is 14.4. The van der Waals surface area contributed by atoms with Gasteiger partial charge in [-0.2, -0.15) is 0 Å². The van der Waals surface area contributed by atoms with Gasteiger partial charge < -0.3 is 10.1 Å². The number of fused-ring (bicyclic) bond motifs is 1. The van der Waals surface area contributed by atoms with Gasteiger partial charge in [0, 0.05) is 0 Å². The van der Waals surface area contributed by atoms with E-state index in [9.17, 15) is 9.59 Å². The first-order valence-corrected chi connectivity index (χ1v) is 9.71. The molecule has 0 radical (unpaired) electrons. The number of rotatable bonds is 7. The molecule has 2 aromatic carbocycles. The summed E-state index contributed by atoms with van der Waals surface area (Å²) in [6.07, 6.45) is 5.17. The molecule has 6 nitrogen and oxygen atoms in total. The quantitative estimate of drug-likeness (QED) is 0.380. The molecule has 1 heterocycles. The molecule has 0 atom stereocenters. The number of thioether (sulfide) groups is 1. The molecule has 1 N–H and O–H groups in total. The van der Waals surface area contributed by atoms with Crippen LogP contribution in [0.3, 0.4) is 0 Å². The maximum absolute atomic E-state index is 13.2. The number of para-hydroxylation sites is 3. The number of ether oxygens (including phenoxy) is 1. The molecule has 0 saturated carbocycles. The zero-order valence-electron chi connectivity index (χ0n) is 15.3. The molecule has 0 aliphatic heterocycles. The Morgan fingerprint density at radius 3 is 2.79 bits per heavy atom. The van der Waals surface area contributed by atoms with Crippen molar-refractivity contribution in [2.45, 2.75) is 12.1 Å². The molecule has 142 valence electrons. The number of benzene rings is 2. The van der Waals surface area contributed by atoms with Gasteiger partial charge in [0.25, 0.3) is 5.56 Å². The summed E-state index contributed by atoms with van der Waals surface area (Å²) < 4.78 is 7.19. The molecule has 0 aliphatic rings. The van der Waals surface area contributed by atoms with Crippen molar-refractivity contribution in [3.8, 4) is 23.8 Å². The topological polar surface area (TPSA) is 73.2 Å². The number of terminal acetylenes is 1. The molecule has 1 amide bonds. The van der Waals surface area contributed by atoms with Crippen LogP contribution in [0.25, 0.3) is 16.6 Å². The molecule has 0 saturated heterocycles. The van der Waals surface area contributed by atoms with E-state index >= 15 is 0 Å². The summed E-state index contributed by atoms with van der Waals surface area (Å²) in [7, 11) is 0. The molecule has 0 aliphatic carbocycles. The summed E-state index contributed by atoms with van der Waals surface area (Å²) >= 11 is 1.17. The predicted molar refractivity (Wildman–Crippen MR) is 111 cm³/mol. The Bertz CT molecular complexity index is 1100. The largest absolute Gasteiger partial charge is 0.492 e. The number of aromatic nitrogens is 2. The summed E-state index contributed by atoms with van der Waals surface area (Å²) in [4.78, 5) is 29.8. The second kappa shape index (κ2) is 9.11. The minimum Gasteiger partial charge on any atom is -0.492 e. The molecule has 0 fully saturated rings. The first-order chi connectivity index (χ1) is 13.7. The number of hydrogen-bond acceptors (Lipinski definition) is 5. The van der Waals surface area contributed by atoms with Crippen LogP contribution in [-0.4, -0.2) is 34.4 Å². The molecule has 3 rings (SSSR count). The lowest BCUT2D eigenvalue weighted by Gasteiger charge is -2.16. The van der Waals surface area contributed by atoms with Crippen LogP contribution in [0.1, 0.15) is 6.92 Å². The summed E-state index contributed by atoms with van der Waals surface area (Å²) in [5.41, 5.74) is 0.938. The van der Waals surface area contributed by atoms with Gasteiger partial charge in [0.1, 0.15) is 5.75 Å². The van der Waals surface area contributed by atoms with Gasteiger partial charge in [0.15, 0.2) is 5.16 Å². The maximum Gasteiger partial charge on any atom is 0.266 e. The second-order valence-electron chi connectivity index (χ2n) is 5.72. The van der Waals surface area contributed by atoms with E-state index in [-0.39, 0.29) is 23.8 Å². The van der Waals surface area contributed by atoms with Crippen LogP contribution in [0.15, 0.2) is 58.5 Å². The van der Waals surface area contributed by atoms with Crippen LogP contribution in [0.5, 0.6) is 5.75 Å². The fourth-order valence-electron chi connectivity index (χ4n) is 2.67. The van der Waals surface area contributed by atoms with E-state index in [0.717, 1.165) is 0 Å². The molecule has 0 bridgehead atoms. The number of nitrogens with zero attached hydrogens (tertiary/aromatic N) is 2. The highest BCUT2D eigenvalue weighted by atomic mass is 32.2. The van der Waals surface area contributed by atoms with Gasteiger partial charge in [-0.15, -0.1) is 6.42 Å². The van der Waals surface area contributed by atoms with Gasteiger partial charge in [-0.05, 0) is 31.2 Å². The third kappa shape index (κ3) is 4.18. The normalized spacial score (nSPS) is 10.4. The Hall–Kier alpha value is -3.24. The number of nitrogens with one attached hydrogen (secondary N) is 1. The van der Waals surface area contributed by atoms with Crippen molar-refractivity contribution < 1.29 is 9.53 Å². The van der Waals surface area contributed by atoms with Gasteiger partial charge in [-0.25, -0.2) is 4.98 Å². The van der Waals surface area contributed by atoms with E-state index < -0.39 is 0 Å². The molecule has 0 spiro atoms. The van der Waals surface area contributed by atoms with Crippen molar-refractivity contribution in [2.75, 3.05) is 18.9 Å². The van der Waals surface area contributed by atoms with Crippen LogP contribution in [0.2, 0.25) is 0 Å². The third-order valence-electron chi connectivity index (χ3n) is 3.87. The molecule has 0 unspecified atom stereocenters. The second-order valence-corrected chi connectivity index (χ2v) is 6.66. The minimum absolute atomic E-state index is 0.0866. The summed E-state index contributed by atoms with van der Waals surface area (Å²) in [5, 5.41) is 3.51. The van der Waals surface area contributed by atoms with Crippen molar-refractivity contribution in [1.82, 2.24) is 14.9 Å². The minimum atomic E-state index is -0.227. The van der Waals surface area contributed by atoms with E-state index in [2.05, 4.69) is 16.2 Å². The maximum atomic E-state index is 13.2. The van der Waals surface area contributed by atoms with Crippen LogP contribution >= 0.6 is 11.8 Å². The van der Waals surface area contributed by atoms with Crippen LogP contribution in [0, 0.1) is 12.3 Å². The first-order valence-electron chi connectivity index (χ1n) is 8.72. The fraction of sp³-hybridized carbons (Fsp3) is 0.190. The standard InChI is InChI=1S/C21H19N3O3S/c1-3-13-22-19(25)14-28-21-23-16-10-6-5-9-15(16)20(26)24(21)17-11-7-8-12-18(17)27-4-2/h1,5-12H,4,13-14H2,2H3,(H,22,25). The fourth-order valence-corrected chi connectivity index (χ4v) is 3.51. The van der Waals surface area contributed by atoms with Crippen LogP contribution in [-0.2, 0) is 4.79 Å². The van der Waals surface area contributed by atoms with Gasteiger partial charge in [0.05, 0.1) is 35.5 Å². The lowest BCUT2D eigenvalue weighted by Crippen LogP contribution is -2.27. The highest BCUT2D eigenvalue weighted by Crippen LogP contribution is 2.27. The zero-order valence-corrected chi connectivity index (χ0v) is 16.2. The number of carbonyl (C=O) groups is 1. The summed E-state index contributed by atoms with van der Waals surface area (Å²) in [6.45, 7) is 2.50. The van der Waals surface area contributed by atoms with E-state index in [1.807, 2.05) is 25.1 Å².